The maximum atomic E-state index is 12.7. The summed E-state index contributed by atoms with van der Waals surface area (Å²) >= 11 is 0. The number of fused-ring (bicyclic) bond motifs is 1. The maximum absolute atomic E-state index is 12.7. The van der Waals surface area contributed by atoms with Gasteiger partial charge in [-0.15, -0.1) is 0 Å². The van der Waals surface area contributed by atoms with Crippen LogP contribution >= 0.6 is 0 Å². The molecule has 0 unspecified atom stereocenters. The van der Waals surface area contributed by atoms with E-state index in [-0.39, 0.29) is 5.91 Å². The molecule has 4 rings (SSSR count). The molecule has 0 spiro atoms. The fraction of sp³-hybridized carbons (Fsp3) is 0.136. The van der Waals surface area contributed by atoms with Crippen LogP contribution in [-0.2, 0) is 11.2 Å². The van der Waals surface area contributed by atoms with Gasteiger partial charge in [-0.3, -0.25) is 9.78 Å². The second-order valence-electron chi connectivity index (χ2n) is 6.46. The van der Waals surface area contributed by atoms with E-state index in [1.807, 2.05) is 18.2 Å². The molecule has 0 atom stereocenters. The molecular weight excluding hydrogens is 354 g/mol. The van der Waals surface area contributed by atoms with Gasteiger partial charge in [-0.05, 0) is 48.4 Å². The van der Waals surface area contributed by atoms with E-state index in [1.54, 1.807) is 36.5 Å². The van der Waals surface area contributed by atoms with Crippen LogP contribution in [0.15, 0.2) is 66.9 Å². The van der Waals surface area contributed by atoms with Crippen LogP contribution in [0.4, 0.5) is 17.1 Å². The normalized spacial score (nSPS) is 12.4. The van der Waals surface area contributed by atoms with Gasteiger partial charge in [0, 0.05) is 29.8 Å². The summed E-state index contributed by atoms with van der Waals surface area (Å²) in [6.07, 6.45) is 2.61. The standard InChI is InChI=1S/C22H19N3O3/c1-28-22(27)16-6-4-7-17(13-16)24-21(26)19-14-18(9-11-23-19)25-12-10-15-5-2-3-8-20(15)25/h2-9,11,13-14H,10,12H2,1H3,(H,24,26). The number of benzene rings is 2. The lowest BCUT2D eigenvalue weighted by molar-refractivity contribution is 0.0600. The first-order chi connectivity index (χ1) is 13.7. The third kappa shape index (κ3) is 3.44. The number of carbonyl (C=O) groups is 2. The molecule has 140 valence electrons. The van der Waals surface area contributed by atoms with Crippen LogP contribution in [0.5, 0.6) is 0 Å². The van der Waals surface area contributed by atoms with Crippen molar-refractivity contribution < 1.29 is 14.3 Å². The number of aromatic nitrogens is 1. The highest BCUT2D eigenvalue weighted by molar-refractivity contribution is 6.04. The van der Waals surface area contributed by atoms with Gasteiger partial charge < -0.3 is 15.0 Å². The highest BCUT2D eigenvalue weighted by Gasteiger charge is 2.21. The minimum absolute atomic E-state index is 0.311. The number of pyridine rings is 1. The number of para-hydroxylation sites is 1. The van der Waals surface area contributed by atoms with Crippen molar-refractivity contribution in [2.75, 3.05) is 23.9 Å². The molecule has 0 aliphatic carbocycles. The Kier molecular flexibility index (Phi) is 4.76. The summed E-state index contributed by atoms with van der Waals surface area (Å²) < 4.78 is 4.71. The van der Waals surface area contributed by atoms with Crippen LogP contribution < -0.4 is 10.2 Å². The molecule has 1 aromatic heterocycles. The van der Waals surface area contributed by atoms with Crippen molar-refractivity contribution in [2.24, 2.45) is 0 Å². The van der Waals surface area contributed by atoms with E-state index in [4.69, 9.17) is 4.74 Å². The van der Waals surface area contributed by atoms with E-state index in [1.165, 1.54) is 12.7 Å². The predicted molar refractivity (Wildman–Crippen MR) is 107 cm³/mol. The number of hydrogen-bond acceptors (Lipinski definition) is 5. The molecule has 6 nitrogen and oxygen atoms in total. The van der Waals surface area contributed by atoms with Gasteiger partial charge in [0.2, 0.25) is 0 Å². The van der Waals surface area contributed by atoms with Crippen molar-refractivity contribution in [2.45, 2.75) is 6.42 Å². The summed E-state index contributed by atoms with van der Waals surface area (Å²) in [6.45, 7) is 0.867. The fourth-order valence-corrected chi connectivity index (χ4v) is 3.35. The summed E-state index contributed by atoms with van der Waals surface area (Å²) in [4.78, 5) is 30.7. The number of nitrogens with one attached hydrogen (secondary N) is 1. The first-order valence-electron chi connectivity index (χ1n) is 8.97. The van der Waals surface area contributed by atoms with Gasteiger partial charge in [0.15, 0.2) is 0 Å². The smallest absolute Gasteiger partial charge is 0.337 e. The third-order valence-corrected chi connectivity index (χ3v) is 4.72. The lowest BCUT2D eigenvalue weighted by Gasteiger charge is -2.19. The zero-order valence-electron chi connectivity index (χ0n) is 15.4. The summed E-state index contributed by atoms with van der Waals surface area (Å²) in [6, 6.07) is 18.5. The van der Waals surface area contributed by atoms with Gasteiger partial charge in [0.1, 0.15) is 5.69 Å². The van der Waals surface area contributed by atoms with Crippen molar-refractivity contribution >= 4 is 28.9 Å². The minimum Gasteiger partial charge on any atom is -0.465 e. The highest BCUT2D eigenvalue weighted by Crippen LogP contribution is 2.34. The predicted octanol–water partition coefficient (Wildman–Crippen LogP) is 3.81. The first kappa shape index (κ1) is 17.7. The van der Waals surface area contributed by atoms with Crippen LogP contribution in [0, 0.1) is 0 Å². The number of amides is 1. The Morgan fingerprint density at radius 3 is 2.79 bits per heavy atom. The summed E-state index contributed by atoms with van der Waals surface area (Å²) in [5.74, 6) is -0.791. The maximum Gasteiger partial charge on any atom is 0.337 e. The molecule has 0 radical (unpaired) electrons. The number of rotatable bonds is 4. The first-order valence-corrected chi connectivity index (χ1v) is 8.97. The molecule has 1 N–H and O–H groups in total. The number of methoxy groups -OCH3 is 1. The Morgan fingerprint density at radius 1 is 1.07 bits per heavy atom. The van der Waals surface area contributed by atoms with E-state index < -0.39 is 5.97 Å². The number of nitrogens with zero attached hydrogens (tertiary/aromatic N) is 2. The van der Waals surface area contributed by atoms with E-state index >= 15 is 0 Å². The molecule has 6 heteroatoms. The molecule has 1 aliphatic heterocycles. The van der Waals surface area contributed by atoms with E-state index in [9.17, 15) is 9.59 Å². The molecule has 2 heterocycles. The molecule has 3 aromatic rings. The lowest BCUT2D eigenvalue weighted by atomic mass is 10.2. The van der Waals surface area contributed by atoms with Crippen molar-refractivity contribution in [1.82, 2.24) is 4.98 Å². The molecular formula is C22H19N3O3. The molecule has 1 aliphatic rings. The molecule has 1 amide bonds. The molecule has 0 fully saturated rings. The lowest BCUT2D eigenvalue weighted by Crippen LogP contribution is -2.17. The quantitative estimate of drug-likeness (QED) is 0.704. The average Bonchev–Trinajstić information content (AvgIpc) is 3.17. The topological polar surface area (TPSA) is 71.5 Å². The zero-order chi connectivity index (χ0) is 19.5. The molecule has 2 aromatic carbocycles. The minimum atomic E-state index is -0.455. The SMILES string of the molecule is COC(=O)c1cccc(NC(=O)c2cc(N3CCc4ccccc43)ccn2)c1. The van der Waals surface area contributed by atoms with Gasteiger partial charge in [-0.1, -0.05) is 24.3 Å². The van der Waals surface area contributed by atoms with Gasteiger partial charge in [0.05, 0.1) is 12.7 Å². The monoisotopic (exact) mass is 373 g/mol. The van der Waals surface area contributed by atoms with E-state index in [2.05, 4.69) is 27.3 Å². The summed E-state index contributed by atoms with van der Waals surface area (Å²) in [5, 5.41) is 2.79. The molecule has 28 heavy (non-hydrogen) atoms. The Hall–Kier alpha value is -3.67. The van der Waals surface area contributed by atoms with Gasteiger partial charge in [-0.25, -0.2) is 4.79 Å². The number of hydrogen-bond donors (Lipinski definition) is 1. The molecule has 0 saturated carbocycles. The molecule has 0 saturated heterocycles. The average molecular weight is 373 g/mol. The van der Waals surface area contributed by atoms with Crippen molar-refractivity contribution in [3.05, 3.63) is 83.7 Å². The summed E-state index contributed by atoms with van der Waals surface area (Å²) in [5.41, 5.74) is 4.57. The van der Waals surface area contributed by atoms with Crippen LogP contribution in [-0.4, -0.2) is 30.5 Å². The number of esters is 1. The Bertz CT molecular complexity index is 1050. The third-order valence-electron chi connectivity index (χ3n) is 4.72. The van der Waals surface area contributed by atoms with Gasteiger partial charge in [-0.2, -0.15) is 0 Å². The van der Waals surface area contributed by atoms with Gasteiger partial charge >= 0.3 is 5.97 Å². The van der Waals surface area contributed by atoms with Crippen LogP contribution in [0.25, 0.3) is 0 Å². The Labute approximate surface area is 162 Å². The van der Waals surface area contributed by atoms with E-state index in [0.717, 1.165) is 24.3 Å². The highest BCUT2D eigenvalue weighted by atomic mass is 16.5. The van der Waals surface area contributed by atoms with Crippen molar-refractivity contribution in [1.29, 1.82) is 0 Å². The fourth-order valence-electron chi connectivity index (χ4n) is 3.35. The van der Waals surface area contributed by atoms with Crippen LogP contribution in [0.2, 0.25) is 0 Å². The zero-order valence-corrected chi connectivity index (χ0v) is 15.4. The number of anilines is 3. The van der Waals surface area contributed by atoms with E-state index in [0.29, 0.717) is 16.9 Å². The number of carbonyl (C=O) groups excluding carboxylic acids is 2. The van der Waals surface area contributed by atoms with Crippen molar-refractivity contribution in [3.8, 4) is 0 Å². The number of ether oxygens (including phenoxy) is 1. The largest absolute Gasteiger partial charge is 0.465 e. The Balaban J connectivity index is 1.55. The van der Waals surface area contributed by atoms with Crippen molar-refractivity contribution in [3.63, 3.8) is 0 Å². The Morgan fingerprint density at radius 2 is 1.93 bits per heavy atom. The summed E-state index contributed by atoms with van der Waals surface area (Å²) in [7, 11) is 1.32. The van der Waals surface area contributed by atoms with Gasteiger partial charge in [0.25, 0.3) is 5.91 Å². The second kappa shape index (κ2) is 7.52. The van der Waals surface area contributed by atoms with Crippen LogP contribution in [0.1, 0.15) is 26.4 Å². The van der Waals surface area contributed by atoms with Crippen LogP contribution in [0.3, 0.4) is 0 Å². The second-order valence-corrected chi connectivity index (χ2v) is 6.46. The molecule has 0 bridgehead atoms.